The summed E-state index contributed by atoms with van der Waals surface area (Å²) in [5.74, 6) is 0. The molecule has 0 aliphatic heterocycles. The Hall–Kier alpha value is -1.21. The third kappa shape index (κ3) is 5.23. The Balaban J connectivity index is 2.77. The Morgan fingerprint density at radius 3 is 1.00 bits per heavy atom. The van der Waals surface area contributed by atoms with Crippen molar-refractivity contribution >= 4 is 16.6 Å². The van der Waals surface area contributed by atoms with Crippen molar-refractivity contribution in [3.8, 4) is 0 Å². The van der Waals surface area contributed by atoms with Gasteiger partial charge in [-0.05, 0) is 78.1 Å². The summed E-state index contributed by atoms with van der Waals surface area (Å²) in [4.78, 5) is 0. The molecule has 2 nitrogen and oxygen atoms in total. The van der Waals surface area contributed by atoms with Gasteiger partial charge >= 0.3 is 0 Å². The highest BCUT2D eigenvalue weighted by Gasteiger charge is 2.52. The fourth-order valence-electron chi connectivity index (χ4n) is 3.83. The molecule has 0 spiro atoms. The molecule has 0 N–H and O–H groups in total. The van der Waals surface area contributed by atoms with Crippen molar-refractivity contribution in [3.05, 3.63) is 70.8 Å². The van der Waals surface area contributed by atoms with Crippen molar-refractivity contribution in [2.75, 3.05) is 0 Å². The summed E-state index contributed by atoms with van der Waals surface area (Å²) in [6.45, 7) is 22.2. The largest absolute Gasteiger partial charge is 0.405 e. The summed E-state index contributed by atoms with van der Waals surface area (Å²) < 4.78 is 14.0. The van der Waals surface area contributed by atoms with Gasteiger partial charge in [-0.25, -0.2) is 0 Å². The quantitative estimate of drug-likeness (QED) is 0.448. The summed E-state index contributed by atoms with van der Waals surface area (Å²) in [7, 11) is -3.77. The molecule has 2 atom stereocenters. The SMILES string of the molecule is Cc1ccc(C(C)(O[Si](C)(C)C)C(C)(O[Si](C)(C)C)c2ccc(C)cc2)cc1. The van der Waals surface area contributed by atoms with Crippen LogP contribution in [-0.4, -0.2) is 16.6 Å². The van der Waals surface area contributed by atoms with E-state index >= 15 is 0 Å². The van der Waals surface area contributed by atoms with E-state index in [-0.39, 0.29) is 0 Å². The molecule has 0 saturated carbocycles. The second-order valence-electron chi connectivity index (χ2n) is 10.2. The van der Waals surface area contributed by atoms with Crippen LogP contribution in [0, 0.1) is 13.8 Å². The van der Waals surface area contributed by atoms with Crippen LogP contribution < -0.4 is 0 Å². The molecule has 2 unspecified atom stereocenters. The molecule has 0 aliphatic carbocycles. The van der Waals surface area contributed by atoms with Crippen molar-refractivity contribution in [3.63, 3.8) is 0 Å². The van der Waals surface area contributed by atoms with E-state index in [1.165, 1.54) is 22.3 Å². The maximum Gasteiger partial charge on any atom is 0.185 e. The molecule has 154 valence electrons. The molecule has 2 aromatic carbocycles. The molecule has 2 rings (SSSR count). The highest BCUT2D eigenvalue weighted by molar-refractivity contribution is 6.70. The van der Waals surface area contributed by atoms with Crippen LogP contribution in [0.4, 0.5) is 0 Å². The first-order valence-corrected chi connectivity index (χ1v) is 17.0. The Morgan fingerprint density at radius 2 is 0.786 bits per heavy atom. The van der Waals surface area contributed by atoms with Gasteiger partial charge in [0.2, 0.25) is 0 Å². The van der Waals surface area contributed by atoms with Crippen molar-refractivity contribution < 1.29 is 8.85 Å². The monoisotopic (exact) mass is 414 g/mol. The fourth-order valence-corrected chi connectivity index (χ4v) is 6.91. The summed E-state index contributed by atoms with van der Waals surface area (Å²) in [6, 6.07) is 17.5. The van der Waals surface area contributed by atoms with E-state index in [1.807, 2.05) is 0 Å². The van der Waals surface area contributed by atoms with E-state index in [0.717, 1.165) is 0 Å². The minimum atomic E-state index is -1.88. The lowest BCUT2D eigenvalue weighted by molar-refractivity contribution is -0.118. The van der Waals surface area contributed by atoms with Gasteiger partial charge in [-0.1, -0.05) is 59.7 Å². The minimum absolute atomic E-state index is 0.597. The number of benzene rings is 2. The summed E-state index contributed by atoms with van der Waals surface area (Å²) >= 11 is 0. The molecule has 0 aromatic heterocycles. The third-order valence-corrected chi connectivity index (χ3v) is 7.18. The second-order valence-corrected chi connectivity index (χ2v) is 19.1. The zero-order valence-corrected chi connectivity index (χ0v) is 21.4. The fraction of sp³-hybridized carbons (Fsp3) is 0.500. The van der Waals surface area contributed by atoms with Crippen LogP contribution in [0.3, 0.4) is 0 Å². The van der Waals surface area contributed by atoms with E-state index in [0.29, 0.717) is 0 Å². The highest BCUT2D eigenvalue weighted by atomic mass is 28.4. The number of aryl methyl sites for hydroxylation is 2. The Bertz CT molecular complexity index is 716. The van der Waals surface area contributed by atoms with Gasteiger partial charge < -0.3 is 8.85 Å². The minimum Gasteiger partial charge on any atom is -0.405 e. The first kappa shape index (κ1) is 23.1. The van der Waals surface area contributed by atoms with E-state index < -0.39 is 27.8 Å². The van der Waals surface area contributed by atoms with Gasteiger partial charge in [0.15, 0.2) is 16.6 Å². The topological polar surface area (TPSA) is 18.5 Å². The van der Waals surface area contributed by atoms with Crippen LogP contribution in [0.2, 0.25) is 39.3 Å². The van der Waals surface area contributed by atoms with E-state index in [2.05, 4.69) is 116 Å². The van der Waals surface area contributed by atoms with Crippen molar-refractivity contribution in [2.45, 2.75) is 78.2 Å². The third-order valence-electron chi connectivity index (χ3n) is 5.14. The highest BCUT2D eigenvalue weighted by Crippen LogP contribution is 2.49. The average Bonchev–Trinajstić information content (AvgIpc) is 2.52. The second kappa shape index (κ2) is 7.90. The Labute approximate surface area is 174 Å². The van der Waals surface area contributed by atoms with E-state index in [1.54, 1.807) is 0 Å². The molecule has 4 heteroatoms. The standard InChI is InChI=1S/C24H38O2Si2/c1-19-11-15-21(16-12-19)23(3,25-27(5,6)7)24(4,26-28(8,9)10)22-17-13-20(2)14-18-22/h11-18H,1-10H3. The van der Waals surface area contributed by atoms with Gasteiger partial charge in [0, 0.05) is 0 Å². The molecule has 0 fully saturated rings. The molecular formula is C24H38O2Si2. The molecule has 0 bridgehead atoms. The number of hydrogen-bond donors (Lipinski definition) is 0. The van der Waals surface area contributed by atoms with E-state index in [9.17, 15) is 0 Å². The zero-order chi connectivity index (χ0) is 21.4. The van der Waals surface area contributed by atoms with Crippen LogP contribution in [0.5, 0.6) is 0 Å². The van der Waals surface area contributed by atoms with Crippen LogP contribution >= 0.6 is 0 Å². The van der Waals surface area contributed by atoms with Gasteiger partial charge in [-0.3, -0.25) is 0 Å². The normalized spacial score (nSPS) is 17.1. The predicted octanol–water partition coefficient (Wildman–Crippen LogP) is 7.14. The smallest absolute Gasteiger partial charge is 0.185 e. The molecule has 0 saturated heterocycles. The lowest BCUT2D eigenvalue weighted by Crippen LogP contribution is -2.56. The molecule has 28 heavy (non-hydrogen) atoms. The molecule has 0 radical (unpaired) electrons. The summed E-state index contributed by atoms with van der Waals surface area (Å²) in [5, 5.41) is 0. The first-order chi connectivity index (χ1) is 12.7. The Kier molecular flexibility index (Phi) is 6.51. The molecular weight excluding hydrogens is 376 g/mol. The summed E-state index contributed by atoms with van der Waals surface area (Å²) in [6.07, 6.45) is 0. The maximum atomic E-state index is 6.98. The predicted molar refractivity (Wildman–Crippen MR) is 126 cm³/mol. The van der Waals surface area contributed by atoms with Crippen LogP contribution in [0.25, 0.3) is 0 Å². The average molecular weight is 415 g/mol. The van der Waals surface area contributed by atoms with E-state index in [4.69, 9.17) is 8.85 Å². The molecule has 0 heterocycles. The molecule has 0 amide bonds. The van der Waals surface area contributed by atoms with Gasteiger partial charge in [0.05, 0.1) is 0 Å². The van der Waals surface area contributed by atoms with Gasteiger partial charge in [-0.2, -0.15) is 0 Å². The summed E-state index contributed by atoms with van der Waals surface area (Å²) in [5.41, 5.74) is 3.65. The Morgan fingerprint density at radius 1 is 0.536 bits per heavy atom. The maximum absolute atomic E-state index is 6.98. The van der Waals surface area contributed by atoms with Gasteiger partial charge in [-0.15, -0.1) is 0 Å². The van der Waals surface area contributed by atoms with Crippen molar-refractivity contribution in [2.24, 2.45) is 0 Å². The lowest BCUT2D eigenvalue weighted by Gasteiger charge is -2.52. The van der Waals surface area contributed by atoms with Gasteiger partial charge in [0.1, 0.15) is 11.2 Å². The lowest BCUT2D eigenvalue weighted by atomic mass is 9.75. The van der Waals surface area contributed by atoms with Crippen molar-refractivity contribution in [1.29, 1.82) is 0 Å². The van der Waals surface area contributed by atoms with Crippen LogP contribution in [-0.2, 0) is 20.1 Å². The number of rotatable bonds is 7. The number of hydrogen-bond acceptors (Lipinski definition) is 2. The van der Waals surface area contributed by atoms with Crippen LogP contribution in [0.1, 0.15) is 36.1 Å². The molecule has 0 aliphatic rings. The first-order valence-electron chi connectivity index (χ1n) is 10.2. The van der Waals surface area contributed by atoms with Gasteiger partial charge in [0.25, 0.3) is 0 Å². The van der Waals surface area contributed by atoms with Crippen LogP contribution in [0.15, 0.2) is 48.5 Å². The van der Waals surface area contributed by atoms with Crippen molar-refractivity contribution in [1.82, 2.24) is 0 Å². The zero-order valence-electron chi connectivity index (χ0n) is 19.4. The molecule has 2 aromatic rings.